The number of aromatic nitrogens is 6. The second kappa shape index (κ2) is 16.3. The molecule has 4 heterocycles. The average Bonchev–Trinajstić information content (AvgIpc) is 3.74. The number of carbonyl (C=O) groups excluding carboxylic acids is 1. The van der Waals surface area contributed by atoms with Crippen LogP contribution in [0.15, 0.2) is 144 Å². The van der Waals surface area contributed by atoms with E-state index in [0.29, 0.717) is 27.6 Å². The van der Waals surface area contributed by atoms with Crippen molar-refractivity contribution in [1.29, 1.82) is 0 Å². The van der Waals surface area contributed by atoms with Crippen LogP contribution < -0.4 is 16.9 Å². The maximum Gasteiger partial charge on any atom is 0.307 e. The van der Waals surface area contributed by atoms with Gasteiger partial charge in [-0.1, -0.05) is 99.8 Å². The monoisotopic (exact) mass is 721 g/mol. The van der Waals surface area contributed by atoms with Crippen molar-refractivity contribution in [1.82, 2.24) is 29.1 Å². The molecule has 272 valence electrons. The Morgan fingerprint density at radius 1 is 0.593 bits per heavy atom. The molecule has 0 aliphatic heterocycles. The maximum absolute atomic E-state index is 12.5. The normalized spacial score (nSPS) is 10.5. The Morgan fingerprint density at radius 3 is 1.35 bits per heavy atom. The third kappa shape index (κ3) is 7.77. The molecule has 12 nitrogen and oxygen atoms in total. The minimum absolute atomic E-state index is 0. The lowest BCUT2D eigenvalue weighted by atomic mass is 10.0. The van der Waals surface area contributed by atoms with Crippen molar-refractivity contribution in [2.24, 2.45) is 5.73 Å². The van der Waals surface area contributed by atoms with E-state index >= 15 is 0 Å². The smallest absolute Gasteiger partial charge is 0.307 e. The van der Waals surface area contributed by atoms with Gasteiger partial charge in [-0.25, -0.2) is 9.97 Å². The molecule has 0 unspecified atom stereocenters. The number of aliphatic carboxylic acids is 1. The number of fused-ring (bicyclic) bond motifs is 2. The number of hydrogen-bond donors (Lipinski definition) is 4. The molecule has 0 fully saturated rings. The van der Waals surface area contributed by atoms with Crippen LogP contribution in [0.2, 0.25) is 0 Å². The summed E-state index contributed by atoms with van der Waals surface area (Å²) in [5, 5.41) is 9.93. The van der Waals surface area contributed by atoms with Crippen LogP contribution in [0.4, 0.5) is 0 Å². The Hall–Kier alpha value is -7.34. The first-order chi connectivity index (χ1) is 25.3. The van der Waals surface area contributed by atoms with E-state index in [4.69, 9.17) is 10.8 Å². The van der Waals surface area contributed by atoms with Crippen LogP contribution in [-0.2, 0) is 22.4 Å². The molecule has 4 aromatic heterocycles. The van der Waals surface area contributed by atoms with Crippen LogP contribution >= 0.6 is 0 Å². The van der Waals surface area contributed by atoms with Crippen molar-refractivity contribution in [3.05, 3.63) is 166 Å². The summed E-state index contributed by atoms with van der Waals surface area (Å²) < 4.78 is 3.78. The molecule has 0 radical (unpaired) electrons. The molecular formula is C42H39N7O5. The first kappa shape index (κ1) is 37.9. The number of aromatic amines is 2. The molecule has 0 saturated carbocycles. The van der Waals surface area contributed by atoms with E-state index in [1.807, 2.05) is 119 Å². The topological polar surface area (TPSA) is 182 Å². The van der Waals surface area contributed by atoms with Gasteiger partial charge in [-0.05, 0) is 46.5 Å². The summed E-state index contributed by atoms with van der Waals surface area (Å²) in [4.78, 5) is 60.8. The highest BCUT2D eigenvalue weighted by Gasteiger charge is 2.17. The van der Waals surface area contributed by atoms with E-state index < -0.39 is 5.97 Å². The Balaban J connectivity index is 0.000000200. The fourth-order valence-corrected chi connectivity index (χ4v) is 6.13. The number of nitrogens with two attached hydrogens (primary N) is 1. The van der Waals surface area contributed by atoms with Crippen LogP contribution in [0.3, 0.4) is 0 Å². The van der Waals surface area contributed by atoms with Gasteiger partial charge in [0.2, 0.25) is 5.91 Å². The van der Waals surface area contributed by atoms with Gasteiger partial charge >= 0.3 is 5.97 Å². The summed E-state index contributed by atoms with van der Waals surface area (Å²) in [7, 11) is 0. The molecule has 0 bridgehead atoms. The number of carboxylic acids is 1. The lowest BCUT2D eigenvalue weighted by Crippen LogP contribution is -2.13. The molecule has 0 saturated heterocycles. The van der Waals surface area contributed by atoms with Crippen molar-refractivity contribution < 1.29 is 14.7 Å². The molecule has 1 amide bonds. The van der Waals surface area contributed by atoms with Crippen molar-refractivity contribution in [2.45, 2.75) is 27.7 Å². The molecule has 5 N–H and O–H groups in total. The number of rotatable bonds is 8. The molecule has 4 aromatic carbocycles. The summed E-state index contributed by atoms with van der Waals surface area (Å²) in [5.74, 6) is -1.25. The van der Waals surface area contributed by atoms with Gasteiger partial charge in [0.05, 0.1) is 36.3 Å². The zero-order valence-electron chi connectivity index (χ0n) is 27.6. The van der Waals surface area contributed by atoms with E-state index in [1.54, 1.807) is 12.1 Å². The number of carboxylic acid groups (broad SMARTS) is 1. The lowest BCUT2D eigenvalue weighted by molar-refractivity contribution is -0.136. The van der Waals surface area contributed by atoms with Gasteiger partial charge in [-0.3, -0.25) is 19.2 Å². The molecule has 0 aliphatic carbocycles. The van der Waals surface area contributed by atoms with Gasteiger partial charge in [0, 0.05) is 34.9 Å². The Kier molecular flexibility index (Phi) is 11.5. The van der Waals surface area contributed by atoms with Gasteiger partial charge in [0.1, 0.15) is 0 Å². The van der Waals surface area contributed by atoms with Gasteiger partial charge in [0.15, 0.2) is 11.3 Å². The summed E-state index contributed by atoms with van der Waals surface area (Å²) in [6, 6.07) is 34.0. The molecular weight excluding hydrogens is 683 g/mol. The average molecular weight is 722 g/mol. The highest BCUT2D eigenvalue weighted by Crippen LogP contribution is 2.31. The zero-order valence-corrected chi connectivity index (χ0v) is 27.6. The number of para-hydroxylation sites is 2. The van der Waals surface area contributed by atoms with E-state index in [9.17, 15) is 19.2 Å². The van der Waals surface area contributed by atoms with Crippen molar-refractivity contribution in [2.75, 3.05) is 0 Å². The predicted molar refractivity (Wildman–Crippen MR) is 212 cm³/mol. The highest BCUT2D eigenvalue weighted by molar-refractivity contribution is 5.95. The molecule has 8 rings (SSSR count). The molecule has 0 aliphatic rings. The summed E-state index contributed by atoms with van der Waals surface area (Å²) in [6.07, 6.45) is 6.75. The Labute approximate surface area is 310 Å². The van der Waals surface area contributed by atoms with E-state index in [0.717, 1.165) is 39.2 Å². The Morgan fingerprint density at radius 2 is 0.981 bits per heavy atom. The lowest BCUT2D eigenvalue weighted by Gasteiger charge is -2.03. The zero-order chi connectivity index (χ0) is 36.2. The molecule has 0 spiro atoms. The largest absolute Gasteiger partial charge is 0.481 e. The SMILES string of the molecule is C.C.NC(=O)Cc1ccc(-c2cn(-c3ccccc3)c3nc[nH]c(=O)c23)cc1.O=C(O)Cc1ccc(-c2cn(-c3ccccc3)c3nc[nH]c(=O)c23)cc1. The minimum atomic E-state index is -0.876. The van der Waals surface area contributed by atoms with Gasteiger partial charge in [-0.2, -0.15) is 0 Å². The second-order valence-corrected chi connectivity index (χ2v) is 12.0. The van der Waals surface area contributed by atoms with E-state index in [1.165, 1.54) is 12.7 Å². The highest BCUT2D eigenvalue weighted by atomic mass is 16.4. The number of carbonyl (C=O) groups is 2. The van der Waals surface area contributed by atoms with Gasteiger partial charge in [-0.15, -0.1) is 0 Å². The predicted octanol–water partition coefficient (Wildman–Crippen LogP) is 6.69. The van der Waals surface area contributed by atoms with Crippen LogP contribution in [0.1, 0.15) is 26.0 Å². The Bertz CT molecular complexity index is 2470. The summed E-state index contributed by atoms with van der Waals surface area (Å²) in [6.45, 7) is 0. The number of H-pyrrole nitrogens is 2. The molecule has 0 atom stereocenters. The molecule has 8 aromatic rings. The second-order valence-electron chi connectivity index (χ2n) is 12.0. The number of nitrogens with zero attached hydrogens (tertiary/aromatic N) is 4. The number of hydrogen-bond acceptors (Lipinski definition) is 6. The molecule has 12 heteroatoms. The standard InChI is InChI=1S/C20H16N4O2.C20H15N3O3.2CH4/c21-17(25)10-13-6-8-14(9-7-13)16-11-24(15-4-2-1-3-5-15)19-18(16)20(26)23-12-22-19;24-17(25)10-13-6-8-14(9-7-13)16-11-23(15-4-2-1-3-5-15)19-18(16)20(26)22-12-21-19;;/h1-9,11-12H,10H2,(H2,21,25)(H,22,23,26);1-9,11-12H,10H2,(H,24,25)(H,21,22,26);2*1H4. The van der Waals surface area contributed by atoms with Gasteiger partial charge < -0.3 is 29.9 Å². The fraction of sp³-hybridized carbons (Fsp3) is 0.0952. The third-order valence-electron chi connectivity index (χ3n) is 8.51. The number of nitrogens with one attached hydrogen (secondary N) is 2. The summed E-state index contributed by atoms with van der Waals surface area (Å²) >= 11 is 0. The summed E-state index contributed by atoms with van der Waals surface area (Å²) in [5.41, 5.74) is 12.6. The van der Waals surface area contributed by atoms with Crippen LogP contribution in [0.25, 0.3) is 55.7 Å². The molecule has 54 heavy (non-hydrogen) atoms. The van der Waals surface area contributed by atoms with E-state index in [-0.39, 0.29) is 44.7 Å². The van der Waals surface area contributed by atoms with E-state index in [2.05, 4.69) is 19.9 Å². The quantitative estimate of drug-likeness (QED) is 0.135. The van der Waals surface area contributed by atoms with Gasteiger partial charge in [0.25, 0.3) is 11.1 Å². The first-order valence-corrected chi connectivity index (χ1v) is 16.2. The van der Waals surface area contributed by atoms with Crippen molar-refractivity contribution in [3.8, 4) is 33.6 Å². The van der Waals surface area contributed by atoms with Crippen LogP contribution in [0, 0.1) is 0 Å². The van der Waals surface area contributed by atoms with Crippen LogP contribution in [-0.4, -0.2) is 46.1 Å². The number of amides is 1. The maximum atomic E-state index is 12.5. The number of primary amides is 1. The van der Waals surface area contributed by atoms with Crippen molar-refractivity contribution >= 4 is 33.9 Å². The minimum Gasteiger partial charge on any atom is -0.481 e. The fourth-order valence-electron chi connectivity index (χ4n) is 6.13. The number of benzene rings is 4. The van der Waals surface area contributed by atoms with Crippen molar-refractivity contribution in [3.63, 3.8) is 0 Å². The third-order valence-corrected chi connectivity index (χ3v) is 8.51. The first-order valence-electron chi connectivity index (χ1n) is 16.2. The van der Waals surface area contributed by atoms with Crippen LogP contribution in [0.5, 0.6) is 0 Å².